The van der Waals surface area contributed by atoms with Gasteiger partial charge in [-0.2, -0.15) is 5.10 Å². The molecule has 1 atom stereocenters. The van der Waals surface area contributed by atoms with Gasteiger partial charge in [-0.25, -0.2) is 4.68 Å². The maximum absolute atomic E-state index is 11.9. The molecule has 1 heterocycles. The van der Waals surface area contributed by atoms with Crippen molar-refractivity contribution >= 4 is 27.7 Å². The molecule has 112 valence electrons. The topological polar surface area (TPSA) is 56.2 Å². The molecule has 1 amide bonds. The van der Waals surface area contributed by atoms with Gasteiger partial charge in [-0.15, -0.1) is 0 Å². The Morgan fingerprint density at radius 1 is 1.38 bits per heavy atom. The molecule has 5 nitrogen and oxygen atoms in total. The Bertz CT molecular complexity index is 595. The van der Waals surface area contributed by atoms with E-state index in [9.17, 15) is 4.79 Å². The number of ether oxygens (including phenoxy) is 1. The summed E-state index contributed by atoms with van der Waals surface area (Å²) < 4.78 is 8.21. The standard InChI is InChI=1S/C15H18BrN3O2/c1-3-11(2)19-14(8-9-17-19)18-15(20)10-21-13-6-4-12(16)5-7-13/h4-9,11H,3,10H2,1-2H3,(H,18,20)/t11-/m0/s1. The summed E-state index contributed by atoms with van der Waals surface area (Å²) in [6, 6.07) is 9.37. The fraction of sp³-hybridized carbons (Fsp3) is 0.333. The van der Waals surface area contributed by atoms with Crippen molar-refractivity contribution in [3.05, 3.63) is 41.0 Å². The van der Waals surface area contributed by atoms with Gasteiger partial charge in [-0.1, -0.05) is 22.9 Å². The highest BCUT2D eigenvalue weighted by molar-refractivity contribution is 9.10. The van der Waals surface area contributed by atoms with Gasteiger partial charge < -0.3 is 10.1 Å². The number of carbonyl (C=O) groups excluding carboxylic acids is 1. The first-order valence-corrected chi connectivity index (χ1v) is 7.61. The van der Waals surface area contributed by atoms with E-state index in [1.165, 1.54) is 0 Å². The van der Waals surface area contributed by atoms with E-state index in [2.05, 4.69) is 40.2 Å². The third-order valence-corrected chi connectivity index (χ3v) is 3.66. The monoisotopic (exact) mass is 351 g/mol. The molecule has 2 rings (SSSR count). The van der Waals surface area contributed by atoms with Crippen molar-refractivity contribution in [3.63, 3.8) is 0 Å². The van der Waals surface area contributed by atoms with Crippen LogP contribution in [0.1, 0.15) is 26.3 Å². The average Bonchev–Trinajstić information content (AvgIpc) is 2.94. The molecule has 0 aliphatic carbocycles. The maximum atomic E-state index is 11.9. The molecule has 0 fully saturated rings. The molecule has 0 bridgehead atoms. The molecular formula is C15H18BrN3O2. The van der Waals surface area contributed by atoms with Crippen molar-refractivity contribution in [3.8, 4) is 5.75 Å². The fourth-order valence-corrected chi connectivity index (χ4v) is 2.06. The first-order chi connectivity index (χ1) is 10.1. The molecule has 0 spiro atoms. The molecule has 2 aromatic rings. The van der Waals surface area contributed by atoms with Crippen LogP contribution in [-0.4, -0.2) is 22.3 Å². The lowest BCUT2D eigenvalue weighted by Gasteiger charge is -2.14. The molecule has 0 aliphatic heterocycles. The molecule has 0 unspecified atom stereocenters. The summed E-state index contributed by atoms with van der Waals surface area (Å²) in [5.74, 6) is 1.14. The second kappa shape index (κ2) is 7.26. The smallest absolute Gasteiger partial charge is 0.263 e. The third-order valence-electron chi connectivity index (χ3n) is 3.13. The van der Waals surface area contributed by atoms with Crippen LogP contribution in [0, 0.1) is 0 Å². The van der Waals surface area contributed by atoms with Crippen LogP contribution in [0.4, 0.5) is 5.82 Å². The molecule has 0 radical (unpaired) electrons. The predicted octanol–water partition coefficient (Wildman–Crippen LogP) is 3.63. The summed E-state index contributed by atoms with van der Waals surface area (Å²) in [6.07, 6.45) is 2.62. The second-order valence-corrected chi connectivity index (χ2v) is 5.62. The Morgan fingerprint density at radius 2 is 2.10 bits per heavy atom. The zero-order chi connectivity index (χ0) is 15.2. The number of aromatic nitrogens is 2. The van der Waals surface area contributed by atoms with Crippen molar-refractivity contribution in [2.45, 2.75) is 26.3 Å². The molecule has 1 N–H and O–H groups in total. The van der Waals surface area contributed by atoms with Gasteiger partial charge in [-0.3, -0.25) is 4.79 Å². The number of amides is 1. The van der Waals surface area contributed by atoms with E-state index in [0.717, 1.165) is 10.9 Å². The Kier molecular flexibility index (Phi) is 5.38. The molecule has 1 aromatic carbocycles. The fourth-order valence-electron chi connectivity index (χ4n) is 1.80. The van der Waals surface area contributed by atoms with E-state index in [1.54, 1.807) is 29.1 Å². The van der Waals surface area contributed by atoms with Gasteiger partial charge in [0.15, 0.2) is 6.61 Å². The number of hydrogen-bond donors (Lipinski definition) is 1. The lowest BCUT2D eigenvalue weighted by Crippen LogP contribution is -2.22. The van der Waals surface area contributed by atoms with Crippen LogP contribution in [0.3, 0.4) is 0 Å². The zero-order valence-corrected chi connectivity index (χ0v) is 13.6. The highest BCUT2D eigenvalue weighted by Crippen LogP contribution is 2.17. The molecule has 21 heavy (non-hydrogen) atoms. The highest BCUT2D eigenvalue weighted by atomic mass is 79.9. The molecule has 6 heteroatoms. The SMILES string of the molecule is CC[C@H](C)n1nccc1NC(=O)COc1ccc(Br)cc1. The van der Waals surface area contributed by atoms with Crippen LogP contribution in [0.15, 0.2) is 41.0 Å². The Morgan fingerprint density at radius 3 is 2.76 bits per heavy atom. The minimum Gasteiger partial charge on any atom is -0.484 e. The van der Waals surface area contributed by atoms with Crippen LogP contribution >= 0.6 is 15.9 Å². The molecule has 0 saturated carbocycles. The number of nitrogens with one attached hydrogen (secondary N) is 1. The molecule has 0 saturated heterocycles. The summed E-state index contributed by atoms with van der Waals surface area (Å²) in [5, 5.41) is 7.04. The molecular weight excluding hydrogens is 334 g/mol. The van der Waals surface area contributed by atoms with Crippen LogP contribution < -0.4 is 10.1 Å². The molecule has 0 aliphatic rings. The first-order valence-electron chi connectivity index (χ1n) is 6.82. The zero-order valence-electron chi connectivity index (χ0n) is 12.0. The number of anilines is 1. The van der Waals surface area contributed by atoms with Crippen molar-refractivity contribution in [2.75, 3.05) is 11.9 Å². The van der Waals surface area contributed by atoms with E-state index >= 15 is 0 Å². The van der Waals surface area contributed by atoms with Crippen LogP contribution in [0.2, 0.25) is 0 Å². The Labute approximate surface area is 132 Å². The Hall–Kier alpha value is -1.82. The van der Waals surface area contributed by atoms with E-state index in [4.69, 9.17) is 4.74 Å². The van der Waals surface area contributed by atoms with Crippen molar-refractivity contribution in [1.82, 2.24) is 9.78 Å². The van der Waals surface area contributed by atoms with E-state index in [-0.39, 0.29) is 18.6 Å². The highest BCUT2D eigenvalue weighted by Gasteiger charge is 2.11. The number of halogens is 1. The van der Waals surface area contributed by atoms with E-state index in [0.29, 0.717) is 11.6 Å². The lowest BCUT2D eigenvalue weighted by atomic mass is 10.3. The van der Waals surface area contributed by atoms with Crippen LogP contribution in [-0.2, 0) is 4.79 Å². The van der Waals surface area contributed by atoms with Gasteiger partial charge in [0, 0.05) is 10.5 Å². The third kappa shape index (κ3) is 4.32. The molecule has 1 aromatic heterocycles. The summed E-state index contributed by atoms with van der Waals surface area (Å²) in [7, 11) is 0. The van der Waals surface area contributed by atoms with Crippen LogP contribution in [0.5, 0.6) is 5.75 Å². The number of hydrogen-bond acceptors (Lipinski definition) is 3. The van der Waals surface area contributed by atoms with Gasteiger partial charge in [-0.05, 0) is 37.6 Å². The number of rotatable bonds is 6. The van der Waals surface area contributed by atoms with E-state index in [1.807, 2.05) is 12.1 Å². The van der Waals surface area contributed by atoms with Crippen molar-refractivity contribution < 1.29 is 9.53 Å². The summed E-state index contributed by atoms with van der Waals surface area (Å²) in [6.45, 7) is 4.10. The summed E-state index contributed by atoms with van der Waals surface area (Å²) in [4.78, 5) is 11.9. The van der Waals surface area contributed by atoms with Gasteiger partial charge in [0.2, 0.25) is 0 Å². The number of nitrogens with zero attached hydrogens (tertiary/aromatic N) is 2. The maximum Gasteiger partial charge on any atom is 0.263 e. The van der Waals surface area contributed by atoms with Gasteiger partial charge >= 0.3 is 0 Å². The number of carbonyl (C=O) groups is 1. The van der Waals surface area contributed by atoms with Crippen molar-refractivity contribution in [2.24, 2.45) is 0 Å². The summed E-state index contributed by atoms with van der Waals surface area (Å²) in [5.41, 5.74) is 0. The van der Waals surface area contributed by atoms with E-state index < -0.39 is 0 Å². The van der Waals surface area contributed by atoms with Gasteiger partial charge in [0.05, 0.1) is 12.2 Å². The minimum absolute atomic E-state index is 0.0344. The average molecular weight is 352 g/mol. The number of benzene rings is 1. The second-order valence-electron chi connectivity index (χ2n) is 4.71. The predicted molar refractivity (Wildman–Crippen MR) is 85.5 cm³/mol. The quantitative estimate of drug-likeness (QED) is 0.864. The van der Waals surface area contributed by atoms with Crippen molar-refractivity contribution in [1.29, 1.82) is 0 Å². The largest absolute Gasteiger partial charge is 0.484 e. The Balaban J connectivity index is 1.90. The minimum atomic E-state index is -0.206. The normalized spacial score (nSPS) is 12.0. The van der Waals surface area contributed by atoms with Gasteiger partial charge in [0.1, 0.15) is 11.6 Å². The van der Waals surface area contributed by atoms with Crippen LogP contribution in [0.25, 0.3) is 0 Å². The lowest BCUT2D eigenvalue weighted by molar-refractivity contribution is -0.118. The van der Waals surface area contributed by atoms with Gasteiger partial charge in [0.25, 0.3) is 5.91 Å². The first kappa shape index (κ1) is 15.6. The summed E-state index contributed by atoms with van der Waals surface area (Å²) >= 11 is 3.35.